The third-order valence-electron chi connectivity index (χ3n) is 2.70. The standard InChI is InChI=1S/C16H24N4O/c1-3-11-18-16(17-4-2)19-12-10-15(21)20-13-14-8-6-5-7-9-14/h3,5-9H,1,4,10-13H2,2H3,(H,20,21)(H2,17,18,19). The first-order valence-electron chi connectivity index (χ1n) is 7.20. The van der Waals surface area contributed by atoms with Crippen molar-refractivity contribution in [2.24, 2.45) is 4.99 Å². The molecule has 0 radical (unpaired) electrons. The Bertz CT molecular complexity index is 457. The fourth-order valence-electron chi connectivity index (χ4n) is 1.66. The molecular formula is C16H24N4O. The second kappa shape index (κ2) is 10.5. The molecule has 114 valence electrons. The highest BCUT2D eigenvalue weighted by Gasteiger charge is 2.01. The van der Waals surface area contributed by atoms with Gasteiger partial charge in [-0.05, 0) is 12.5 Å². The summed E-state index contributed by atoms with van der Waals surface area (Å²) >= 11 is 0. The zero-order chi connectivity index (χ0) is 15.3. The van der Waals surface area contributed by atoms with Crippen molar-refractivity contribution in [3.63, 3.8) is 0 Å². The number of guanidine groups is 1. The number of amides is 1. The summed E-state index contributed by atoms with van der Waals surface area (Å²) in [4.78, 5) is 16.1. The van der Waals surface area contributed by atoms with E-state index in [2.05, 4.69) is 27.5 Å². The molecule has 0 saturated heterocycles. The lowest BCUT2D eigenvalue weighted by atomic mass is 10.2. The summed E-state index contributed by atoms with van der Waals surface area (Å²) < 4.78 is 0. The number of hydrogen-bond donors (Lipinski definition) is 3. The number of rotatable bonds is 8. The third-order valence-corrected chi connectivity index (χ3v) is 2.70. The Kier molecular flexibility index (Phi) is 8.36. The lowest BCUT2D eigenvalue weighted by molar-refractivity contribution is -0.121. The molecule has 0 fully saturated rings. The largest absolute Gasteiger partial charge is 0.357 e. The monoisotopic (exact) mass is 288 g/mol. The van der Waals surface area contributed by atoms with Crippen LogP contribution in [0.2, 0.25) is 0 Å². The first kappa shape index (κ1) is 16.8. The van der Waals surface area contributed by atoms with Crippen LogP contribution in [0, 0.1) is 0 Å². The maximum Gasteiger partial charge on any atom is 0.222 e. The molecule has 0 atom stereocenters. The predicted octanol–water partition coefficient (Wildman–Crippen LogP) is 1.43. The Morgan fingerprint density at radius 3 is 2.67 bits per heavy atom. The zero-order valence-corrected chi connectivity index (χ0v) is 12.6. The molecule has 1 amide bonds. The lowest BCUT2D eigenvalue weighted by Gasteiger charge is -2.09. The molecule has 1 rings (SSSR count). The van der Waals surface area contributed by atoms with Crippen molar-refractivity contribution in [1.82, 2.24) is 16.0 Å². The number of benzene rings is 1. The van der Waals surface area contributed by atoms with Crippen LogP contribution in [0.4, 0.5) is 0 Å². The van der Waals surface area contributed by atoms with E-state index in [-0.39, 0.29) is 5.91 Å². The number of nitrogens with one attached hydrogen (secondary N) is 3. The Labute approximate surface area is 126 Å². The topological polar surface area (TPSA) is 65.5 Å². The van der Waals surface area contributed by atoms with Gasteiger partial charge in [-0.2, -0.15) is 0 Å². The SMILES string of the molecule is C=CCNC(=NCCC(=O)NCc1ccccc1)NCC. The van der Waals surface area contributed by atoms with E-state index in [0.29, 0.717) is 32.0 Å². The van der Waals surface area contributed by atoms with Crippen LogP contribution in [0.15, 0.2) is 48.0 Å². The van der Waals surface area contributed by atoms with Crippen molar-refractivity contribution in [3.05, 3.63) is 48.6 Å². The van der Waals surface area contributed by atoms with E-state index in [1.54, 1.807) is 6.08 Å². The maximum atomic E-state index is 11.7. The van der Waals surface area contributed by atoms with E-state index in [4.69, 9.17) is 0 Å². The Morgan fingerprint density at radius 2 is 2.00 bits per heavy atom. The fraction of sp³-hybridized carbons (Fsp3) is 0.375. The zero-order valence-electron chi connectivity index (χ0n) is 12.6. The van der Waals surface area contributed by atoms with Crippen LogP contribution in [0.5, 0.6) is 0 Å². The minimum atomic E-state index is 0.00201. The molecule has 0 bridgehead atoms. The number of hydrogen-bond acceptors (Lipinski definition) is 2. The summed E-state index contributed by atoms with van der Waals surface area (Å²) in [6.45, 7) is 8.07. The lowest BCUT2D eigenvalue weighted by Crippen LogP contribution is -2.37. The van der Waals surface area contributed by atoms with Crippen molar-refractivity contribution in [3.8, 4) is 0 Å². The van der Waals surface area contributed by atoms with Gasteiger partial charge in [-0.1, -0.05) is 36.4 Å². The molecule has 0 aliphatic heterocycles. The average molecular weight is 288 g/mol. The fourth-order valence-corrected chi connectivity index (χ4v) is 1.66. The highest BCUT2D eigenvalue weighted by molar-refractivity contribution is 5.80. The number of nitrogens with zero attached hydrogens (tertiary/aromatic N) is 1. The van der Waals surface area contributed by atoms with Gasteiger partial charge in [0.25, 0.3) is 0 Å². The molecule has 1 aromatic rings. The number of aliphatic imine (C=N–C) groups is 1. The summed E-state index contributed by atoms with van der Waals surface area (Å²) in [6, 6.07) is 9.85. The van der Waals surface area contributed by atoms with Gasteiger partial charge in [0.1, 0.15) is 0 Å². The van der Waals surface area contributed by atoms with Crippen molar-refractivity contribution < 1.29 is 4.79 Å². The maximum absolute atomic E-state index is 11.7. The van der Waals surface area contributed by atoms with Gasteiger partial charge in [-0.15, -0.1) is 6.58 Å². The quantitative estimate of drug-likeness (QED) is 0.385. The number of carbonyl (C=O) groups is 1. The van der Waals surface area contributed by atoms with Gasteiger partial charge in [0.15, 0.2) is 5.96 Å². The van der Waals surface area contributed by atoms with Crippen LogP contribution in [-0.4, -0.2) is 31.5 Å². The number of carbonyl (C=O) groups excluding carboxylic acids is 1. The van der Waals surface area contributed by atoms with E-state index in [1.807, 2.05) is 37.3 Å². The molecule has 0 unspecified atom stereocenters. The highest BCUT2D eigenvalue weighted by atomic mass is 16.1. The van der Waals surface area contributed by atoms with E-state index in [0.717, 1.165) is 12.1 Å². The van der Waals surface area contributed by atoms with Crippen molar-refractivity contribution in [2.45, 2.75) is 19.9 Å². The molecule has 0 saturated carbocycles. The van der Waals surface area contributed by atoms with Crippen LogP contribution in [0.1, 0.15) is 18.9 Å². The van der Waals surface area contributed by atoms with Gasteiger partial charge in [0, 0.05) is 26.1 Å². The van der Waals surface area contributed by atoms with Crippen molar-refractivity contribution in [1.29, 1.82) is 0 Å². The van der Waals surface area contributed by atoms with E-state index in [9.17, 15) is 4.79 Å². The first-order chi connectivity index (χ1) is 10.3. The van der Waals surface area contributed by atoms with Gasteiger partial charge in [-0.3, -0.25) is 9.79 Å². The molecular weight excluding hydrogens is 264 g/mol. The second-order valence-corrected chi connectivity index (χ2v) is 4.44. The molecule has 3 N–H and O–H groups in total. The Balaban J connectivity index is 2.28. The van der Waals surface area contributed by atoms with Crippen molar-refractivity contribution >= 4 is 11.9 Å². The summed E-state index contributed by atoms with van der Waals surface area (Å²) in [5, 5.41) is 9.08. The van der Waals surface area contributed by atoms with Gasteiger partial charge in [0.05, 0.1) is 6.54 Å². The molecule has 0 aromatic heterocycles. The smallest absolute Gasteiger partial charge is 0.222 e. The van der Waals surface area contributed by atoms with Crippen LogP contribution < -0.4 is 16.0 Å². The minimum absolute atomic E-state index is 0.00201. The van der Waals surface area contributed by atoms with Gasteiger partial charge in [0.2, 0.25) is 5.91 Å². The van der Waals surface area contributed by atoms with Gasteiger partial charge < -0.3 is 16.0 Å². The van der Waals surface area contributed by atoms with Gasteiger partial charge >= 0.3 is 0 Å². The van der Waals surface area contributed by atoms with E-state index in [1.165, 1.54) is 0 Å². The first-order valence-corrected chi connectivity index (χ1v) is 7.20. The predicted molar refractivity (Wildman–Crippen MR) is 87.1 cm³/mol. The average Bonchev–Trinajstić information content (AvgIpc) is 2.51. The normalized spacial score (nSPS) is 10.8. The van der Waals surface area contributed by atoms with Crippen molar-refractivity contribution in [2.75, 3.05) is 19.6 Å². The Morgan fingerprint density at radius 1 is 1.24 bits per heavy atom. The van der Waals surface area contributed by atoms with E-state index >= 15 is 0 Å². The molecule has 21 heavy (non-hydrogen) atoms. The summed E-state index contributed by atoms with van der Waals surface area (Å²) in [5.74, 6) is 0.704. The molecule has 5 nitrogen and oxygen atoms in total. The molecule has 1 aromatic carbocycles. The van der Waals surface area contributed by atoms with Crippen LogP contribution >= 0.6 is 0 Å². The van der Waals surface area contributed by atoms with Crippen LogP contribution in [0.3, 0.4) is 0 Å². The second-order valence-electron chi connectivity index (χ2n) is 4.44. The van der Waals surface area contributed by atoms with Gasteiger partial charge in [-0.25, -0.2) is 0 Å². The molecule has 0 aliphatic carbocycles. The third kappa shape index (κ3) is 7.77. The van der Waals surface area contributed by atoms with E-state index < -0.39 is 0 Å². The van der Waals surface area contributed by atoms with Crippen LogP contribution in [0.25, 0.3) is 0 Å². The minimum Gasteiger partial charge on any atom is -0.357 e. The molecule has 0 spiro atoms. The van der Waals surface area contributed by atoms with Crippen LogP contribution in [-0.2, 0) is 11.3 Å². The summed E-state index contributed by atoms with van der Waals surface area (Å²) in [7, 11) is 0. The molecule has 0 heterocycles. The summed E-state index contributed by atoms with van der Waals surface area (Å²) in [5.41, 5.74) is 1.09. The molecule has 5 heteroatoms. The highest BCUT2D eigenvalue weighted by Crippen LogP contribution is 1.97. The summed E-state index contributed by atoms with van der Waals surface area (Å²) in [6.07, 6.45) is 2.14. The Hall–Kier alpha value is -2.30. The molecule has 0 aliphatic rings.